The molecule has 6 heteroatoms. The third-order valence-electron chi connectivity index (χ3n) is 3.57. The number of hydrogen-bond donors (Lipinski definition) is 2. The Labute approximate surface area is 138 Å². The summed E-state index contributed by atoms with van der Waals surface area (Å²) in [6.07, 6.45) is 5.27. The molecule has 1 aromatic rings. The van der Waals surface area contributed by atoms with Gasteiger partial charge < -0.3 is 20.1 Å². The van der Waals surface area contributed by atoms with E-state index in [0.29, 0.717) is 25.1 Å². The highest BCUT2D eigenvalue weighted by Gasteiger charge is 2.15. The van der Waals surface area contributed by atoms with Crippen LogP contribution in [0.3, 0.4) is 0 Å². The highest BCUT2D eigenvalue weighted by molar-refractivity contribution is 5.79. The van der Waals surface area contributed by atoms with Gasteiger partial charge >= 0.3 is 0 Å². The number of aliphatic imine (C=N–C) groups is 1. The van der Waals surface area contributed by atoms with Crippen molar-refractivity contribution in [2.45, 2.75) is 45.8 Å². The molecule has 0 bridgehead atoms. The minimum atomic E-state index is 0.292. The Morgan fingerprint density at radius 3 is 3.09 bits per heavy atom. The van der Waals surface area contributed by atoms with Gasteiger partial charge in [-0.25, -0.2) is 9.98 Å². The molecule has 2 N–H and O–H groups in total. The summed E-state index contributed by atoms with van der Waals surface area (Å²) in [4.78, 5) is 8.93. The summed E-state index contributed by atoms with van der Waals surface area (Å²) in [5, 5.41) is 6.61. The molecule has 1 unspecified atom stereocenters. The Morgan fingerprint density at radius 2 is 2.35 bits per heavy atom. The molecule has 1 aliphatic rings. The number of hydrogen-bond acceptors (Lipinski definition) is 4. The van der Waals surface area contributed by atoms with Gasteiger partial charge in [0, 0.05) is 31.5 Å². The summed E-state index contributed by atoms with van der Waals surface area (Å²) in [6, 6.07) is 3.92. The second-order valence-corrected chi connectivity index (χ2v) is 5.53. The van der Waals surface area contributed by atoms with Crippen LogP contribution in [-0.4, -0.2) is 43.4 Å². The van der Waals surface area contributed by atoms with Crippen molar-refractivity contribution >= 4 is 5.96 Å². The molecule has 0 aromatic carbocycles. The first-order valence-electron chi connectivity index (χ1n) is 8.54. The van der Waals surface area contributed by atoms with E-state index in [9.17, 15) is 0 Å². The summed E-state index contributed by atoms with van der Waals surface area (Å²) >= 11 is 0. The van der Waals surface area contributed by atoms with Gasteiger partial charge in [-0.3, -0.25) is 0 Å². The lowest BCUT2D eigenvalue weighted by Crippen LogP contribution is -2.41. The van der Waals surface area contributed by atoms with Crippen LogP contribution in [0.1, 0.15) is 38.7 Å². The SMILES string of the molecule is CCCOc1ncccc1CN=C(NCC)NCC1CCCO1. The first-order chi connectivity index (χ1) is 11.3. The Bertz CT molecular complexity index is 487. The fourth-order valence-corrected chi connectivity index (χ4v) is 2.39. The molecule has 2 heterocycles. The monoisotopic (exact) mass is 320 g/mol. The van der Waals surface area contributed by atoms with Crippen molar-refractivity contribution in [1.82, 2.24) is 15.6 Å². The van der Waals surface area contributed by atoms with Crippen LogP contribution in [0.4, 0.5) is 0 Å². The van der Waals surface area contributed by atoms with Crippen LogP contribution in [0.25, 0.3) is 0 Å². The Morgan fingerprint density at radius 1 is 1.43 bits per heavy atom. The topological polar surface area (TPSA) is 67.8 Å². The van der Waals surface area contributed by atoms with E-state index in [4.69, 9.17) is 9.47 Å². The molecule has 23 heavy (non-hydrogen) atoms. The number of rotatable bonds is 8. The van der Waals surface area contributed by atoms with Crippen LogP contribution in [0.15, 0.2) is 23.3 Å². The second kappa shape index (κ2) is 10.0. The van der Waals surface area contributed by atoms with Crippen LogP contribution < -0.4 is 15.4 Å². The number of guanidine groups is 1. The molecule has 1 fully saturated rings. The number of nitrogens with one attached hydrogen (secondary N) is 2. The number of aromatic nitrogens is 1. The standard InChI is InChI=1S/C17H28N4O2/c1-3-10-23-16-14(7-5-9-19-16)12-20-17(18-4-2)21-13-15-8-6-11-22-15/h5,7,9,15H,3-4,6,8,10-13H2,1-2H3,(H2,18,20,21). The van der Waals surface area contributed by atoms with E-state index >= 15 is 0 Å². The Kier molecular flexibility index (Phi) is 7.66. The molecule has 0 radical (unpaired) electrons. The molecule has 6 nitrogen and oxygen atoms in total. The van der Waals surface area contributed by atoms with Crippen molar-refractivity contribution in [3.8, 4) is 5.88 Å². The van der Waals surface area contributed by atoms with Crippen molar-refractivity contribution in [3.63, 3.8) is 0 Å². The molecule has 0 spiro atoms. The van der Waals surface area contributed by atoms with Gasteiger partial charge in [0.15, 0.2) is 5.96 Å². The maximum absolute atomic E-state index is 5.68. The van der Waals surface area contributed by atoms with Crippen molar-refractivity contribution in [2.24, 2.45) is 4.99 Å². The van der Waals surface area contributed by atoms with Gasteiger partial charge in [-0.05, 0) is 32.3 Å². The third kappa shape index (κ3) is 6.06. The van der Waals surface area contributed by atoms with Crippen LogP contribution in [0, 0.1) is 0 Å². The first-order valence-corrected chi connectivity index (χ1v) is 8.54. The van der Waals surface area contributed by atoms with E-state index < -0.39 is 0 Å². The van der Waals surface area contributed by atoms with E-state index in [1.54, 1.807) is 6.20 Å². The zero-order valence-electron chi connectivity index (χ0n) is 14.2. The van der Waals surface area contributed by atoms with Gasteiger partial charge in [-0.2, -0.15) is 0 Å². The predicted octanol–water partition coefficient (Wildman–Crippen LogP) is 2.10. The van der Waals surface area contributed by atoms with Crippen LogP contribution in [-0.2, 0) is 11.3 Å². The zero-order valence-corrected chi connectivity index (χ0v) is 14.2. The summed E-state index contributed by atoms with van der Waals surface area (Å²) < 4.78 is 11.3. The minimum absolute atomic E-state index is 0.292. The maximum atomic E-state index is 5.68. The molecule has 1 saturated heterocycles. The Balaban J connectivity index is 1.93. The molecule has 128 valence electrons. The molecular weight excluding hydrogens is 292 g/mol. The van der Waals surface area contributed by atoms with Crippen LogP contribution >= 0.6 is 0 Å². The van der Waals surface area contributed by atoms with Gasteiger partial charge in [0.1, 0.15) is 0 Å². The number of pyridine rings is 1. The van der Waals surface area contributed by atoms with Gasteiger partial charge in [0.2, 0.25) is 5.88 Å². The summed E-state index contributed by atoms with van der Waals surface area (Å²) in [7, 11) is 0. The maximum Gasteiger partial charge on any atom is 0.218 e. The largest absolute Gasteiger partial charge is 0.477 e. The highest BCUT2D eigenvalue weighted by Crippen LogP contribution is 2.15. The van der Waals surface area contributed by atoms with Crippen LogP contribution in [0.5, 0.6) is 5.88 Å². The van der Waals surface area contributed by atoms with Gasteiger partial charge in [0.25, 0.3) is 0 Å². The van der Waals surface area contributed by atoms with Crippen LogP contribution in [0.2, 0.25) is 0 Å². The zero-order chi connectivity index (χ0) is 16.3. The fraction of sp³-hybridized carbons (Fsp3) is 0.647. The number of nitrogens with zero attached hydrogens (tertiary/aromatic N) is 2. The first kappa shape index (κ1) is 17.5. The quantitative estimate of drug-likeness (QED) is 0.567. The van der Waals surface area contributed by atoms with E-state index in [-0.39, 0.29) is 0 Å². The van der Waals surface area contributed by atoms with Gasteiger partial charge in [-0.15, -0.1) is 0 Å². The van der Waals surface area contributed by atoms with Crippen molar-refractivity contribution < 1.29 is 9.47 Å². The third-order valence-corrected chi connectivity index (χ3v) is 3.57. The molecule has 1 atom stereocenters. The van der Waals surface area contributed by atoms with Crippen molar-refractivity contribution in [1.29, 1.82) is 0 Å². The molecule has 1 aromatic heterocycles. The lowest BCUT2D eigenvalue weighted by atomic mass is 10.2. The van der Waals surface area contributed by atoms with Crippen molar-refractivity contribution in [2.75, 3.05) is 26.3 Å². The molecule has 2 rings (SSSR count). The second-order valence-electron chi connectivity index (χ2n) is 5.53. The normalized spacial score (nSPS) is 18.0. The number of ether oxygens (including phenoxy) is 2. The minimum Gasteiger partial charge on any atom is -0.477 e. The van der Waals surface area contributed by atoms with E-state index in [1.807, 2.05) is 12.1 Å². The molecule has 0 saturated carbocycles. The lowest BCUT2D eigenvalue weighted by molar-refractivity contribution is 0.114. The molecule has 0 aliphatic carbocycles. The average molecular weight is 320 g/mol. The van der Waals surface area contributed by atoms with E-state index in [1.165, 1.54) is 0 Å². The van der Waals surface area contributed by atoms with E-state index in [0.717, 1.165) is 50.5 Å². The van der Waals surface area contributed by atoms with Gasteiger partial charge in [-0.1, -0.05) is 13.0 Å². The molecule has 0 amide bonds. The van der Waals surface area contributed by atoms with Crippen molar-refractivity contribution in [3.05, 3.63) is 23.9 Å². The fourth-order valence-electron chi connectivity index (χ4n) is 2.39. The molecule has 1 aliphatic heterocycles. The van der Waals surface area contributed by atoms with E-state index in [2.05, 4.69) is 34.5 Å². The summed E-state index contributed by atoms with van der Waals surface area (Å²) in [5.74, 6) is 1.47. The van der Waals surface area contributed by atoms with Gasteiger partial charge in [0.05, 0.1) is 19.3 Å². The highest BCUT2D eigenvalue weighted by atomic mass is 16.5. The smallest absolute Gasteiger partial charge is 0.218 e. The molecular formula is C17H28N4O2. The summed E-state index contributed by atoms with van der Waals surface area (Å²) in [6.45, 7) is 7.83. The Hall–Kier alpha value is -1.82. The predicted molar refractivity (Wildman–Crippen MR) is 91.8 cm³/mol. The average Bonchev–Trinajstić information content (AvgIpc) is 3.09. The lowest BCUT2D eigenvalue weighted by Gasteiger charge is -2.15. The summed E-state index contributed by atoms with van der Waals surface area (Å²) in [5.41, 5.74) is 0.996.